The first-order valence-electron chi connectivity index (χ1n) is 9.29. The van der Waals surface area contributed by atoms with Crippen LogP contribution in [0.25, 0.3) is 0 Å². The summed E-state index contributed by atoms with van der Waals surface area (Å²) in [5, 5.41) is 14.4. The second-order valence-electron chi connectivity index (χ2n) is 6.55. The van der Waals surface area contributed by atoms with Crippen LogP contribution in [0.4, 0.5) is 17.1 Å². The van der Waals surface area contributed by atoms with E-state index in [2.05, 4.69) is 16.2 Å². The van der Waals surface area contributed by atoms with E-state index in [9.17, 15) is 18.5 Å². The van der Waals surface area contributed by atoms with Gasteiger partial charge in [0.15, 0.2) is 5.11 Å². The largest absolute Gasteiger partial charge is 0.331 e. The van der Waals surface area contributed by atoms with Crippen LogP contribution < -0.4 is 16.2 Å². The van der Waals surface area contributed by atoms with Gasteiger partial charge in [0.1, 0.15) is 4.90 Å². The lowest BCUT2D eigenvalue weighted by molar-refractivity contribution is -0.385. The normalized spacial score (nSPS) is 11.2. The number of benzene rings is 2. The number of non-ortho nitro benzene ring substituents is 1. The average Bonchev–Trinajstić information content (AvgIpc) is 2.69. The lowest BCUT2D eigenvalue weighted by Crippen LogP contribution is -2.35. The van der Waals surface area contributed by atoms with Gasteiger partial charge in [-0.25, -0.2) is 8.42 Å². The van der Waals surface area contributed by atoms with E-state index < -0.39 is 14.9 Å². The molecule has 30 heavy (non-hydrogen) atoms. The van der Waals surface area contributed by atoms with E-state index >= 15 is 0 Å². The first-order valence-corrected chi connectivity index (χ1v) is 11.1. The van der Waals surface area contributed by atoms with Gasteiger partial charge in [0.25, 0.3) is 5.69 Å². The van der Waals surface area contributed by atoms with Crippen LogP contribution in [-0.4, -0.2) is 35.8 Å². The number of nitrogens with zero attached hydrogens (tertiary/aromatic N) is 2. The summed E-state index contributed by atoms with van der Waals surface area (Å²) >= 11 is 5.29. The molecule has 0 atom stereocenters. The summed E-state index contributed by atoms with van der Waals surface area (Å²) in [6, 6.07) is 9.48. The molecule has 0 spiro atoms. The Bertz CT molecular complexity index is 1050. The van der Waals surface area contributed by atoms with Gasteiger partial charge in [0.2, 0.25) is 10.0 Å². The minimum Gasteiger partial charge on any atom is -0.331 e. The lowest BCUT2D eigenvalue weighted by Gasteiger charge is -2.21. The van der Waals surface area contributed by atoms with Crippen LogP contribution >= 0.6 is 12.2 Å². The molecule has 0 aromatic heterocycles. The number of hydrazine groups is 1. The van der Waals surface area contributed by atoms with E-state index in [1.54, 1.807) is 13.8 Å². The van der Waals surface area contributed by atoms with E-state index in [0.717, 1.165) is 22.9 Å². The highest BCUT2D eigenvalue weighted by atomic mass is 32.2. The highest BCUT2D eigenvalue weighted by Crippen LogP contribution is 2.28. The van der Waals surface area contributed by atoms with Crippen LogP contribution in [0.2, 0.25) is 0 Å². The summed E-state index contributed by atoms with van der Waals surface area (Å²) in [5.74, 6) is 0. The van der Waals surface area contributed by atoms with Crippen molar-refractivity contribution >= 4 is 44.4 Å². The van der Waals surface area contributed by atoms with Gasteiger partial charge in [-0.3, -0.25) is 21.0 Å². The molecule has 0 saturated heterocycles. The van der Waals surface area contributed by atoms with E-state index in [4.69, 9.17) is 12.2 Å². The number of anilines is 2. The molecule has 0 aliphatic rings. The number of nitro groups is 1. The van der Waals surface area contributed by atoms with Crippen LogP contribution in [0.1, 0.15) is 25.0 Å². The lowest BCUT2D eigenvalue weighted by atomic mass is 10.1. The van der Waals surface area contributed by atoms with Crippen molar-refractivity contribution in [3.63, 3.8) is 0 Å². The topological polar surface area (TPSA) is 117 Å². The molecule has 0 amide bonds. The zero-order valence-corrected chi connectivity index (χ0v) is 18.9. The molecule has 0 saturated carbocycles. The van der Waals surface area contributed by atoms with Crippen molar-refractivity contribution in [3.8, 4) is 0 Å². The maximum atomic E-state index is 13.0. The first kappa shape index (κ1) is 23.5. The van der Waals surface area contributed by atoms with Crippen LogP contribution in [0.3, 0.4) is 0 Å². The van der Waals surface area contributed by atoms with E-state index in [0.29, 0.717) is 0 Å². The van der Waals surface area contributed by atoms with Gasteiger partial charge in [-0.2, -0.15) is 4.31 Å². The first-order chi connectivity index (χ1) is 14.1. The fourth-order valence-electron chi connectivity index (χ4n) is 2.79. The molecular weight excluding hydrogens is 426 g/mol. The molecular formula is C19H25N5O4S2. The highest BCUT2D eigenvalue weighted by molar-refractivity contribution is 7.89. The minimum absolute atomic E-state index is 0.151. The Morgan fingerprint density at radius 2 is 1.77 bits per heavy atom. The molecule has 0 fully saturated rings. The highest BCUT2D eigenvalue weighted by Gasteiger charge is 2.27. The van der Waals surface area contributed by atoms with Crippen LogP contribution in [0.5, 0.6) is 0 Å². The zero-order chi connectivity index (χ0) is 22.5. The summed E-state index contributed by atoms with van der Waals surface area (Å²) in [4.78, 5) is 10.3. The maximum absolute atomic E-state index is 13.0. The van der Waals surface area contributed by atoms with Crippen LogP contribution in [0.15, 0.2) is 41.3 Å². The Hall–Kier alpha value is -2.76. The Morgan fingerprint density at radius 1 is 1.10 bits per heavy atom. The molecule has 11 heteroatoms. The van der Waals surface area contributed by atoms with Gasteiger partial charge < -0.3 is 5.32 Å². The van der Waals surface area contributed by atoms with Gasteiger partial charge in [0, 0.05) is 30.9 Å². The Morgan fingerprint density at radius 3 is 2.37 bits per heavy atom. The van der Waals surface area contributed by atoms with Crippen molar-refractivity contribution in [1.82, 2.24) is 9.73 Å². The number of nitrogens with one attached hydrogen (secondary N) is 3. The molecule has 0 heterocycles. The summed E-state index contributed by atoms with van der Waals surface area (Å²) < 4.78 is 27.2. The van der Waals surface area contributed by atoms with E-state index in [1.807, 2.05) is 32.0 Å². The fraction of sp³-hybridized carbons (Fsp3) is 0.316. The standard InChI is InChI=1S/C19H25N5O4S2/c1-5-23(6-2)30(27,28)18-12-15(24(25)26)9-10-16(18)21-22-19(29)20-17-11-13(3)7-8-14(17)4/h7-12,21H,5-6H2,1-4H3,(H2,20,22,29). The SMILES string of the molecule is CCN(CC)S(=O)(=O)c1cc([N+](=O)[O-])ccc1NNC(=S)Nc1cc(C)ccc1C. The summed E-state index contributed by atoms with van der Waals surface area (Å²) in [5.41, 5.74) is 8.20. The number of thiocarbonyl (C=S) groups is 1. The molecule has 2 aromatic rings. The van der Waals surface area contributed by atoms with Crippen molar-refractivity contribution in [2.45, 2.75) is 32.6 Å². The summed E-state index contributed by atoms with van der Waals surface area (Å²) in [6.07, 6.45) is 0. The number of nitro benzene ring substituents is 1. The quantitative estimate of drug-likeness (QED) is 0.317. The van der Waals surface area contributed by atoms with Gasteiger partial charge in [-0.15, -0.1) is 0 Å². The maximum Gasteiger partial charge on any atom is 0.270 e. The second-order valence-corrected chi connectivity index (χ2v) is 8.86. The fourth-order valence-corrected chi connectivity index (χ4v) is 4.58. The van der Waals surface area contributed by atoms with Crippen LogP contribution in [0, 0.1) is 24.0 Å². The van der Waals surface area contributed by atoms with E-state index in [-0.39, 0.29) is 34.5 Å². The number of rotatable bonds is 8. The Labute approximate surface area is 181 Å². The molecule has 2 aromatic carbocycles. The predicted octanol–water partition coefficient (Wildman–Crippen LogP) is 3.56. The monoisotopic (exact) mass is 451 g/mol. The van der Waals surface area contributed by atoms with Crippen molar-refractivity contribution < 1.29 is 13.3 Å². The zero-order valence-electron chi connectivity index (χ0n) is 17.2. The molecule has 9 nitrogen and oxygen atoms in total. The third-order valence-corrected chi connectivity index (χ3v) is 6.75. The number of aryl methyl sites for hydroxylation is 2. The predicted molar refractivity (Wildman–Crippen MR) is 122 cm³/mol. The number of sulfonamides is 1. The molecule has 162 valence electrons. The van der Waals surface area contributed by atoms with E-state index in [1.165, 1.54) is 16.4 Å². The molecule has 0 aliphatic heterocycles. The molecule has 0 radical (unpaired) electrons. The van der Waals surface area contributed by atoms with Gasteiger partial charge in [-0.05, 0) is 49.3 Å². The van der Waals surface area contributed by atoms with Crippen molar-refractivity contribution in [3.05, 3.63) is 57.6 Å². The Balaban J connectivity index is 2.29. The third-order valence-electron chi connectivity index (χ3n) is 4.45. The summed E-state index contributed by atoms with van der Waals surface area (Å²) in [7, 11) is -3.94. The van der Waals surface area contributed by atoms with Crippen molar-refractivity contribution in [2.24, 2.45) is 0 Å². The van der Waals surface area contributed by atoms with Crippen LogP contribution in [-0.2, 0) is 10.0 Å². The molecule has 3 N–H and O–H groups in total. The summed E-state index contributed by atoms with van der Waals surface area (Å²) in [6.45, 7) is 7.77. The molecule has 0 bridgehead atoms. The van der Waals surface area contributed by atoms with Crippen molar-refractivity contribution in [1.29, 1.82) is 0 Å². The second kappa shape index (κ2) is 9.83. The minimum atomic E-state index is -3.94. The van der Waals surface area contributed by atoms with Gasteiger partial charge in [-0.1, -0.05) is 26.0 Å². The average molecular weight is 452 g/mol. The van der Waals surface area contributed by atoms with Gasteiger partial charge in [0.05, 0.1) is 10.6 Å². The van der Waals surface area contributed by atoms with Crippen molar-refractivity contribution in [2.75, 3.05) is 23.8 Å². The molecule has 0 aliphatic carbocycles. The number of hydrogen-bond acceptors (Lipinski definition) is 6. The smallest absolute Gasteiger partial charge is 0.270 e. The Kier molecular flexibility index (Phi) is 7.71. The molecule has 2 rings (SSSR count). The van der Waals surface area contributed by atoms with Gasteiger partial charge >= 0.3 is 0 Å². The number of hydrogen-bond donors (Lipinski definition) is 3. The molecule has 0 unspecified atom stereocenters. The third kappa shape index (κ3) is 5.43.